The van der Waals surface area contributed by atoms with E-state index in [4.69, 9.17) is 4.74 Å². The number of nitrogens with one attached hydrogen (secondary N) is 1. The summed E-state index contributed by atoms with van der Waals surface area (Å²) < 4.78 is 6.50. The van der Waals surface area contributed by atoms with Crippen molar-refractivity contribution in [3.8, 4) is 0 Å². The molecule has 88 valence electrons. The molecule has 0 aromatic rings. The molecule has 1 rings (SSSR count). The molecular formula is C11H20INO2. The molecule has 0 aliphatic carbocycles. The fraction of sp³-hybridized carbons (Fsp3) is 0.909. The predicted octanol–water partition coefficient (Wildman–Crippen LogP) is 2.13. The van der Waals surface area contributed by atoms with Gasteiger partial charge in [-0.2, -0.15) is 0 Å². The Hall–Kier alpha value is 0.160. The number of hydrogen-bond donors (Lipinski definition) is 1. The maximum Gasteiger partial charge on any atom is 0.225 e. The van der Waals surface area contributed by atoms with E-state index in [1.165, 1.54) is 17.3 Å². The number of amides is 1. The maximum absolute atomic E-state index is 11.6. The molecule has 1 heterocycles. The van der Waals surface area contributed by atoms with E-state index in [0.717, 1.165) is 32.4 Å². The van der Waals surface area contributed by atoms with Gasteiger partial charge in [0.1, 0.15) is 0 Å². The first-order valence-electron chi connectivity index (χ1n) is 5.76. The lowest BCUT2D eigenvalue weighted by molar-refractivity contribution is -0.128. The van der Waals surface area contributed by atoms with Crippen molar-refractivity contribution in [3.05, 3.63) is 0 Å². The second-order valence-corrected chi connectivity index (χ2v) is 5.03. The van der Waals surface area contributed by atoms with E-state index in [0.29, 0.717) is 6.61 Å². The smallest absolute Gasteiger partial charge is 0.225 e. The number of halogens is 1. The Bertz CT molecular complexity index is 181. The van der Waals surface area contributed by atoms with E-state index in [9.17, 15) is 4.79 Å². The Balaban J connectivity index is 2.02. The third-order valence-electron chi connectivity index (χ3n) is 2.64. The first kappa shape index (κ1) is 13.2. The Labute approximate surface area is 105 Å². The average molecular weight is 325 g/mol. The van der Waals surface area contributed by atoms with E-state index in [-0.39, 0.29) is 11.8 Å². The second kappa shape index (κ2) is 8.33. The largest absolute Gasteiger partial charge is 0.381 e. The summed E-state index contributed by atoms with van der Waals surface area (Å²) >= 11 is 2.38. The lowest BCUT2D eigenvalue weighted by atomic mass is 10.0. The molecule has 1 N–H and O–H groups in total. The normalized spacial score (nSPS) is 21.3. The molecule has 0 spiro atoms. The standard InChI is InChI=1S/C11H20INO2/c12-6-2-1-3-7-13-11(14)10-5-4-8-15-9-10/h10H,1-9H2,(H,13,14). The van der Waals surface area contributed by atoms with Crippen LogP contribution >= 0.6 is 22.6 Å². The summed E-state index contributed by atoms with van der Waals surface area (Å²) in [6.07, 6.45) is 5.57. The highest BCUT2D eigenvalue weighted by atomic mass is 127. The van der Waals surface area contributed by atoms with Gasteiger partial charge < -0.3 is 10.1 Å². The van der Waals surface area contributed by atoms with Gasteiger partial charge in [-0.3, -0.25) is 4.79 Å². The van der Waals surface area contributed by atoms with Gasteiger partial charge in [0.05, 0.1) is 12.5 Å². The lowest BCUT2D eigenvalue weighted by Gasteiger charge is -2.21. The van der Waals surface area contributed by atoms with Gasteiger partial charge in [-0.25, -0.2) is 0 Å². The second-order valence-electron chi connectivity index (χ2n) is 3.95. The first-order valence-corrected chi connectivity index (χ1v) is 7.28. The highest BCUT2D eigenvalue weighted by Gasteiger charge is 2.20. The number of carbonyl (C=O) groups is 1. The average Bonchev–Trinajstić information content (AvgIpc) is 2.30. The highest BCUT2D eigenvalue weighted by Crippen LogP contribution is 2.13. The molecule has 0 radical (unpaired) electrons. The van der Waals surface area contributed by atoms with Crippen molar-refractivity contribution in [1.29, 1.82) is 0 Å². The van der Waals surface area contributed by atoms with Crippen molar-refractivity contribution in [3.63, 3.8) is 0 Å². The minimum Gasteiger partial charge on any atom is -0.381 e. The minimum absolute atomic E-state index is 0.100. The number of alkyl halides is 1. The van der Waals surface area contributed by atoms with Crippen LogP contribution in [0, 0.1) is 5.92 Å². The summed E-state index contributed by atoms with van der Waals surface area (Å²) in [6, 6.07) is 0. The number of unbranched alkanes of at least 4 members (excludes halogenated alkanes) is 2. The van der Waals surface area contributed by atoms with Crippen LogP contribution in [0.25, 0.3) is 0 Å². The Kier molecular flexibility index (Phi) is 7.34. The van der Waals surface area contributed by atoms with Gasteiger partial charge in [0.2, 0.25) is 5.91 Å². The molecule has 15 heavy (non-hydrogen) atoms. The summed E-state index contributed by atoms with van der Waals surface area (Å²) in [4.78, 5) is 11.6. The number of rotatable bonds is 6. The molecule has 1 aliphatic heterocycles. The predicted molar refractivity (Wildman–Crippen MR) is 69.3 cm³/mol. The van der Waals surface area contributed by atoms with Gasteiger partial charge in [-0.05, 0) is 30.1 Å². The molecule has 0 aromatic carbocycles. The van der Waals surface area contributed by atoms with Crippen molar-refractivity contribution in [2.75, 3.05) is 24.2 Å². The summed E-state index contributed by atoms with van der Waals surface area (Å²) in [6.45, 7) is 2.25. The minimum atomic E-state index is 0.100. The molecule has 1 fully saturated rings. The number of carbonyl (C=O) groups excluding carboxylic acids is 1. The Morgan fingerprint density at radius 1 is 1.40 bits per heavy atom. The molecular weight excluding hydrogens is 305 g/mol. The first-order chi connectivity index (χ1) is 7.34. The van der Waals surface area contributed by atoms with Crippen molar-refractivity contribution in [2.45, 2.75) is 32.1 Å². The fourth-order valence-corrected chi connectivity index (χ4v) is 2.24. The molecule has 0 bridgehead atoms. The van der Waals surface area contributed by atoms with Crippen molar-refractivity contribution < 1.29 is 9.53 Å². The Morgan fingerprint density at radius 2 is 2.27 bits per heavy atom. The molecule has 1 amide bonds. The zero-order valence-corrected chi connectivity index (χ0v) is 11.3. The van der Waals surface area contributed by atoms with Gasteiger partial charge in [0.15, 0.2) is 0 Å². The molecule has 1 aliphatic rings. The van der Waals surface area contributed by atoms with E-state index >= 15 is 0 Å². The molecule has 1 unspecified atom stereocenters. The van der Waals surface area contributed by atoms with Crippen LogP contribution < -0.4 is 5.32 Å². The topological polar surface area (TPSA) is 38.3 Å². The van der Waals surface area contributed by atoms with Crippen molar-refractivity contribution >= 4 is 28.5 Å². The third kappa shape index (κ3) is 5.70. The molecule has 3 nitrogen and oxygen atoms in total. The highest BCUT2D eigenvalue weighted by molar-refractivity contribution is 14.1. The maximum atomic E-state index is 11.6. The zero-order valence-electron chi connectivity index (χ0n) is 9.14. The van der Waals surface area contributed by atoms with Gasteiger partial charge in [-0.15, -0.1) is 0 Å². The van der Waals surface area contributed by atoms with Crippen molar-refractivity contribution in [2.24, 2.45) is 5.92 Å². The SMILES string of the molecule is O=C(NCCCCCI)C1CCCOC1. The van der Waals surface area contributed by atoms with E-state index in [1.54, 1.807) is 0 Å². The van der Waals surface area contributed by atoms with E-state index < -0.39 is 0 Å². The summed E-state index contributed by atoms with van der Waals surface area (Å²) in [7, 11) is 0. The summed E-state index contributed by atoms with van der Waals surface area (Å²) in [5.74, 6) is 0.285. The fourth-order valence-electron chi connectivity index (χ4n) is 1.70. The monoisotopic (exact) mass is 325 g/mol. The van der Waals surface area contributed by atoms with Crippen LogP contribution in [0.3, 0.4) is 0 Å². The van der Waals surface area contributed by atoms with Gasteiger partial charge >= 0.3 is 0 Å². The molecule has 1 atom stereocenters. The molecule has 0 saturated carbocycles. The van der Waals surface area contributed by atoms with Crippen LogP contribution in [0.15, 0.2) is 0 Å². The summed E-state index contributed by atoms with van der Waals surface area (Å²) in [5, 5.41) is 2.99. The quantitative estimate of drug-likeness (QED) is 0.462. The molecule has 4 heteroatoms. The third-order valence-corrected chi connectivity index (χ3v) is 3.40. The van der Waals surface area contributed by atoms with Crippen LogP contribution in [0.5, 0.6) is 0 Å². The van der Waals surface area contributed by atoms with Crippen LogP contribution in [-0.2, 0) is 9.53 Å². The molecule has 1 saturated heterocycles. The van der Waals surface area contributed by atoms with Crippen LogP contribution in [-0.4, -0.2) is 30.1 Å². The van der Waals surface area contributed by atoms with Gasteiger partial charge in [0, 0.05) is 13.2 Å². The zero-order chi connectivity index (χ0) is 10.9. The van der Waals surface area contributed by atoms with Crippen molar-refractivity contribution in [1.82, 2.24) is 5.32 Å². The van der Waals surface area contributed by atoms with Crippen LogP contribution in [0.4, 0.5) is 0 Å². The van der Waals surface area contributed by atoms with Gasteiger partial charge in [0.25, 0.3) is 0 Å². The van der Waals surface area contributed by atoms with E-state index in [1.807, 2.05) is 0 Å². The van der Waals surface area contributed by atoms with E-state index in [2.05, 4.69) is 27.9 Å². The van der Waals surface area contributed by atoms with Crippen LogP contribution in [0.2, 0.25) is 0 Å². The van der Waals surface area contributed by atoms with Crippen LogP contribution in [0.1, 0.15) is 32.1 Å². The Morgan fingerprint density at radius 3 is 2.93 bits per heavy atom. The lowest BCUT2D eigenvalue weighted by Crippen LogP contribution is -2.36. The molecule has 0 aromatic heterocycles. The van der Waals surface area contributed by atoms with Gasteiger partial charge in [-0.1, -0.05) is 29.0 Å². The number of ether oxygens (including phenoxy) is 1. The summed E-state index contributed by atoms with van der Waals surface area (Å²) in [5.41, 5.74) is 0. The number of hydrogen-bond acceptors (Lipinski definition) is 2.